The van der Waals surface area contributed by atoms with Crippen LogP contribution < -0.4 is 0 Å². The maximum Gasteiger partial charge on any atom is 0.297 e. The Morgan fingerprint density at radius 1 is 0.243 bits per heavy atom. The van der Waals surface area contributed by atoms with Crippen molar-refractivity contribution in [3.8, 4) is 0 Å². The first-order chi connectivity index (χ1) is 55.6. The molecule has 23 heterocycles. The quantitative estimate of drug-likeness (QED) is 0.124. The van der Waals surface area contributed by atoms with Gasteiger partial charge in [-0.15, -0.1) is 0 Å². The molecule has 23 aliphatic rings. The van der Waals surface area contributed by atoms with Crippen molar-refractivity contribution >= 4 is 20.2 Å². The molecule has 0 aliphatic carbocycles. The van der Waals surface area contributed by atoms with E-state index in [1.54, 1.807) is 24.3 Å². The molecule has 41 heteroatoms. The molecule has 0 spiro atoms. The highest BCUT2D eigenvalue weighted by molar-refractivity contribution is 7.87. The van der Waals surface area contributed by atoms with Gasteiger partial charge < -0.3 is 156 Å². The zero-order valence-corrected chi connectivity index (χ0v) is 69.9. The van der Waals surface area contributed by atoms with Crippen molar-refractivity contribution in [1.82, 2.24) is 0 Å². The van der Waals surface area contributed by atoms with E-state index >= 15 is 0 Å². The van der Waals surface area contributed by atoms with Gasteiger partial charge in [-0.25, -0.2) is 0 Å². The SMILES string of the molecule is COC[C@H]1O[C@@H]2O[C@H]3[C@H](OC)[C@@H](OC)[C@@H](O[C@H]4[C@H](OC)[C@@H](OC)[C@H]5O[C@H]6[C@H](OC)[C@@H](OC)[C@@H](O[C@H]7[C@H](OC)[C@@H](OC)[C@@H](O[C@H]8[C@H](OC)[C@@H](OC)[C@@H](O[C@H]9[C@H](OC)[C@@H](OC)[C@@H](O[C@H]1[C@H](OC)[C@H]2OC)O[C@@H]9COC)O[C@@H]8COS(=O)(=O)c1ccc(cc1)Cc1ccc(cc1)S(=O)(=O)OC[C@H]4O5)O[C@@H]7COC)O[C@@H]6COC)O[C@@H]3COC. The average Bonchev–Trinajstić information content (AvgIpc) is 0.814. The summed E-state index contributed by atoms with van der Waals surface area (Å²) in [6, 6.07) is 11.9. The van der Waals surface area contributed by atoms with Gasteiger partial charge in [0.05, 0.1) is 56.0 Å². The minimum absolute atomic E-state index is 0.130. The summed E-state index contributed by atoms with van der Waals surface area (Å²) in [5.74, 6) is 0. The summed E-state index contributed by atoms with van der Waals surface area (Å²) in [4.78, 5) is -0.479. The molecule has 0 aromatic heterocycles. The van der Waals surface area contributed by atoms with E-state index < -0.39 is 248 Å². The van der Waals surface area contributed by atoms with E-state index in [4.69, 9.17) is 165 Å². The van der Waals surface area contributed by atoms with E-state index in [1.165, 1.54) is 159 Å². The number of ether oxygens (including phenoxy) is 33. The van der Waals surface area contributed by atoms with Gasteiger partial charge >= 0.3 is 0 Å². The molecule has 16 saturated heterocycles. The van der Waals surface area contributed by atoms with E-state index in [9.17, 15) is 16.8 Å². The van der Waals surface area contributed by atoms with Gasteiger partial charge in [0.2, 0.25) is 0 Å². The zero-order chi connectivity index (χ0) is 82.6. The Kier molecular flexibility index (Phi) is 34.5. The number of benzene rings is 2. The van der Waals surface area contributed by atoms with Crippen LogP contribution in [0.1, 0.15) is 11.1 Å². The van der Waals surface area contributed by atoms with Crippen molar-refractivity contribution in [3.05, 3.63) is 59.7 Å². The summed E-state index contributed by atoms with van der Waals surface area (Å²) in [7, 11) is 17.8. The lowest BCUT2D eigenvalue weighted by atomic mass is 9.94. The van der Waals surface area contributed by atoms with Crippen LogP contribution in [0.4, 0.5) is 0 Å². The Balaban J connectivity index is 1.10. The minimum Gasteiger partial charge on any atom is -0.382 e. The molecule has 35 atom stereocenters. The van der Waals surface area contributed by atoms with Gasteiger partial charge in [-0.2, -0.15) is 16.8 Å². The van der Waals surface area contributed by atoms with Crippen molar-refractivity contribution in [2.75, 3.05) is 181 Å². The first kappa shape index (κ1) is 92.7. The summed E-state index contributed by atoms with van der Waals surface area (Å²) in [5.41, 5.74) is 1.28. The van der Waals surface area contributed by atoms with Crippen LogP contribution in [-0.2, 0) is 191 Å². The second-order valence-corrected chi connectivity index (χ2v) is 31.8. The highest BCUT2D eigenvalue weighted by Crippen LogP contribution is 2.44. The molecule has 2 aromatic rings. The van der Waals surface area contributed by atoms with Crippen LogP contribution in [0, 0.1) is 0 Å². The second kappa shape index (κ2) is 42.8. The van der Waals surface area contributed by atoms with Gasteiger partial charge in [-0.05, 0) is 41.8 Å². The van der Waals surface area contributed by atoms with Crippen molar-refractivity contribution in [2.24, 2.45) is 0 Å². The monoisotopic (exact) mass is 1690 g/mol. The van der Waals surface area contributed by atoms with Crippen molar-refractivity contribution in [3.63, 3.8) is 0 Å². The topological polar surface area (TPSA) is 391 Å². The van der Waals surface area contributed by atoms with Crippen LogP contribution in [0.3, 0.4) is 0 Å². The van der Waals surface area contributed by atoms with Gasteiger partial charge in [0.1, 0.15) is 171 Å². The minimum atomic E-state index is -4.69. The molecule has 0 radical (unpaired) electrons. The van der Waals surface area contributed by atoms with Gasteiger partial charge in [0, 0.05) is 135 Å². The third-order valence-electron chi connectivity index (χ3n) is 22.2. The van der Waals surface area contributed by atoms with Gasteiger partial charge in [0.15, 0.2) is 44.0 Å². The fourth-order valence-corrected chi connectivity index (χ4v) is 18.6. The second-order valence-electron chi connectivity index (χ2n) is 28.5. The number of hydrogen-bond donors (Lipinski definition) is 0. The molecule has 39 nitrogen and oxygen atoms in total. The maximum atomic E-state index is 14.7. The first-order valence-electron chi connectivity index (χ1n) is 37.6. The van der Waals surface area contributed by atoms with Crippen LogP contribution in [0.15, 0.2) is 58.3 Å². The van der Waals surface area contributed by atoms with Crippen LogP contribution in [0.5, 0.6) is 0 Å². The molecular formula is C74H116O39S2. The summed E-state index contributed by atoms with van der Waals surface area (Å²) < 4.78 is 287. The third-order valence-corrected chi connectivity index (χ3v) is 24.8. The van der Waals surface area contributed by atoms with Crippen LogP contribution in [-0.4, -0.2) is 413 Å². The Hall–Kier alpha value is -3.06. The molecule has 115 heavy (non-hydrogen) atoms. The number of fused-ring (bicyclic) bond motifs is 2. The highest BCUT2D eigenvalue weighted by Gasteiger charge is 2.63. The molecule has 16 fully saturated rings. The smallest absolute Gasteiger partial charge is 0.297 e. The number of rotatable bonds is 24. The summed E-state index contributed by atoms with van der Waals surface area (Å²) in [6.07, 6.45) is -43.5. The molecule has 2 aromatic carbocycles. The predicted octanol–water partition coefficient (Wildman–Crippen LogP) is -0.0721. The van der Waals surface area contributed by atoms with Gasteiger partial charge in [-0.3, -0.25) is 8.37 Å². The largest absolute Gasteiger partial charge is 0.382 e. The highest BCUT2D eigenvalue weighted by atomic mass is 32.2. The van der Waals surface area contributed by atoms with E-state index in [0.717, 1.165) is 0 Å². The van der Waals surface area contributed by atoms with E-state index in [0.29, 0.717) is 11.1 Å². The third kappa shape index (κ3) is 20.1. The Morgan fingerprint density at radius 3 is 0.617 bits per heavy atom. The standard InChI is InChI=1S/C74H116O39S2/c1-79-29-40-47-54(84-6)61(91-13)68(100-40)108-48-41(30-80-2)103-71(64(94-16)55(48)85-7)112-52-45-34-98-114(75,76)38-24-20-36(21-25-38)28-37-22-26-39(27-23-37)115(77,78)99-35-46-53(60(90-12)66(96-18)73(105-46)110-50-43(32-82-4)101-69(107-47)62(92-14)57(50)87-9)113-72-65(95-17)56(86-8)49(42(104-72)31-81-3)109-70-63(93-15)58(88-10)51(44(102-70)33-83-5)111-74(106-45)67(97-19)59(52)89-11/h20-27,40-74H,28-35H2,1-19H3/t40-,41-,42-,43-,44-,45-,46-,47-,48-,49-,50-,51-,52-,53-,54+,55+,56+,57+,58+,59+,60+,61-,62-,63-,64-,65-,66-,67-,68-,69-,70-,71-,72-,73-,74-/m1/s1. The molecule has 0 amide bonds. The fraction of sp³-hybridized carbons (Fsp3) is 0.838. The lowest BCUT2D eigenvalue weighted by Crippen LogP contribution is -2.69. The van der Waals surface area contributed by atoms with Crippen molar-refractivity contribution < 1.29 is 182 Å². The molecule has 0 unspecified atom stereocenters. The lowest BCUT2D eigenvalue weighted by Gasteiger charge is -2.52. The Labute approximate surface area is 671 Å². The van der Waals surface area contributed by atoms with Crippen LogP contribution in [0.2, 0.25) is 0 Å². The molecule has 0 N–H and O–H groups in total. The summed E-state index contributed by atoms with van der Waals surface area (Å²) in [6.45, 7) is -2.35. The molecule has 25 rings (SSSR count). The zero-order valence-electron chi connectivity index (χ0n) is 68.2. The predicted molar refractivity (Wildman–Crippen MR) is 387 cm³/mol. The van der Waals surface area contributed by atoms with Crippen LogP contribution in [0.25, 0.3) is 0 Å². The number of methoxy groups -OCH3 is 19. The van der Waals surface area contributed by atoms with Gasteiger partial charge in [-0.1, -0.05) is 24.3 Å². The van der Waals surface area contributed by atoms with Gasteiger partial charge in [0.25, 0.3) is 20.2 Å². The molecular weight excluding hydrogens is 1580 g/mol. The van der Waals surface area contributed by atoms with Crippen molar-refractivity contribution in [2.45, 2.75) is 231 Å². The fourth-order valence-electron chi connectivity index (χ4n) is 16.8. The summed E-state index contributed by atoms with van der Waals surface area (Å²) in [5, 5.41) is 0. The van der Waals surface area contributed by atoms with Crippen LogP contribution >= 0.6 is 0 Å². The lowest BCUT2D eigenvalue weighted by molar-refractivity contribution is -0.402. The van der Waals surface area contributed by atoms with E-state index in [-0.39, 0.29) is 49.2 Å². The average molecular weight is 1690 g/mol. The van der Waals surface area contributed by atoms with E-state index in [1.807, 2.05) is 0 Å². The Bertz CT molecular complexity index is 3400. The maximum absolute atomic E-state index is 14.7. The summed E-state index contributed by atoms with van der Waals surface area (Å²) >= 11 is 0. The molecule has 658 valence electrons. The molecule has 0 saturated carbocycles. The first-order valence-corrected chi connectivity index (χ1v) is 40.4. The number of hydrogen-bond acceptors (Lipinski definition) is 39. The molecule has 23 aliphatic heterocycles. The molecule has 20 bridgehead atoms. The normalized spacial score (nSPS) is 42.8. The van der Waals surface area contributed by atoms with Crippen molar-refractivity contribution in [1.29, 1.82) is 0 Å². The van der Waals surface area contributed by atoms with E-state index in [2.05, 4.69) is 0 Å². The Morgan fingerprint density at radius 2 is 0.426 bits per heavy atom.